The van der Waals surface area contributed by atoms with Crippen molar-refractivity contribution in [3.63, 3.8) is 0 Å². The number of nitrogens with one attached hydrogen (secondary N) is 2. The van der Waals surface area contributed by atoms with Gasteiger partial charge in [0.2, 0.25) is 10.0 Å². The molecular formula is C12H24N4O3S. The number of nitrogens with zero attached hydrogens (tertiary/aromatic N) is 2. The molecule has 1 atom stereocenters. The summed E-state index contributed by atoms with van der Waals surface area (Å²) in [6, 6.07) is -0.276. The Morgan fingerprint density at radius 2 is 2.25 bits per heavy atom. The number of hydrogen-bond donors (Lipinski definition) is 2. The van der Waals surface area contributed by atoms with Gasteiger partial charge in [0.1, 0.15) is 4.90 Å². The second kappa shape index (κ2) is 8.35. The van der Waals surface area contributed by atoms with Crippen LogP contribution in [-0.4, -0.2) is 51.0 Å². The lowest BCUT2D eigenvalue weighted by atomic mass is 10.4. The van der Waals surface area contributed by atoms with Crippen molar-refractivity contribution in [3.8, 4) is 0 Å². The van der Waals surface area contributed by atoms with E-state index >= 15 is 0 Å². The average molecular weight is 304 g/mol. The first kappa shape index (κ1) is 17.1. The Hall–Kier alpha value is -0.960. The maximum Gasteiger partial charge on any atom is 0.244 e. The van der Waals surface area contributed by atoms with Gasteiger partial charge >= 0.3 is 0 Å². The Morgan fingerprint density at radius 3 is 2.90 bits per heavy atom. The molecule has 1 unspecified atom stereocenters. The third-order valence-electron chi connectivity index (χ3n) is 2.68. The van der Waals surface area contributed by atoms with Crippen LogP contribution in [0, 0.1) is 0 Å². The summed E-state index contributed by atoms with van der Waals surface area (Å²) >= 11 is 0. The molecule has 0 bridgehead atoms. The first-order valence-corrected chi connectivity index (χ1v) is 8.22. The zero-order chi connectivity index (χ0) is 15.0. The molecule has 0 aliphatic carbocycles. The summed E-state index contributed by atoms with van der Waals surface area (Å²) in [6.07, 6.45) is 3.82. The van der Waals surface area contributed by atoms with Crippen LogP contribution in [0.4, 0.5) is 0 Å². The second-order valence-corrected chi connectivity index (χ2v) is 6.34. The molecule has 0 radical (unpaired) electrons. The van der Waals surface area contributed by atoms with E-state index in [9.17, 15) is 8.42 Å². The van der Waals surface area contributed by atoms with Crippen LogP contribution >= 0.6 is 0 Å². The number of methoxy groups -OCH3 is 1. The van der Waals surface area contributed by atoms with E-state index in [0.717, 1.165) is 19.5 Å². The second-order valence-electron chi connectivity index (χ2n) is 4.62. The average Bonchev–Trinajstić information content (AvgIpc) is 2.84. The zero-order valence-electron chi connectivity index (χ0n) is 12.3. The van der Waals surface area contributed by atoms with Gasteiger partial charge in [0, 0.05) is 25.9 Å². The molecule has 0 saturated carbocycles. The van der Waals surface area contributed by atoms with Crippen molar-refractivity contribution in [2.45, 2.75) is 37.8 Å². The Balaban J connectivity index is 2.56. The van der Waals surface area contributed by atoms with Crippen molar-refractivity contribution in [3.05, 3.63) is 12.4 Å². The Bertz CT molecular complexity index is 487. The van der Waals surface area contributed by atoms with Gasteiger partial charge in [-0.1, -0.05) is 6.92 Å². The van der Waals surface area contributed by atoms with Crippen molar-refractivity contribution >= 4 is 10.0 Å². The maximum absolute atomic E-state index is 12.1. The predicted octanol–water partition coefficient (Wildman–Crippen LogP) is 0.196. The van der Waals surface area contributed by atoms with E-state index < -0.39 is 10.0 Å². The molecule has 0 aliphatic rings. The van der Waals surface area contributed by atoms with Gasteiger partial charge in [-0.3, -0.25) is 4.68 Å². The molecule has 0 saturated heterocycles. The molecule has 2 N–H and O–H groups in total. The van der Waals surface area contributed by atoms with E-state index in [4.69, 9.17) is 4.74 Å². The van der Waals surface area contributed by atoms with Crippen LogP contribution in [0.2, 0.25) is 0 Å². The van der Waals surface area contributed by atoms with Crippen LogP contribution in [0.1, 0.15) is 20.3 Å². The molecule has 1 aromatic rings. The Labute approximate surface area is 120 Å². The van der Waals surface area contributed by atoms with E-state index in [1.807, 2.05) is 6.92 Å². The molecule has 0 spiro atoms. The van der Waals surface area contributed by atoms with E-state index in [1.165, 1.54) is 13.3 Å². The molecule has 0 aromatic carbocycles. The zero-order valence-corrected chi connectivity index (χ0v) is 13.1. The fourth-order valence-corrected chi connectivity index (χ4v) is 2.95. The molecule has 1 heterocycles. The molecule has 0 aliphatic heterocycles. The van der Waals surface area contributed by atoms with Crippen molar-refractivity contribution in [2.24, 2.45) is 0 Å². The summed E-state index contributed by atoms with van der Waals surface area (Å²) in [5.74, 6) is 0. The summed E-state index contributed by atoms with van der Waals surface area (Å²) in [6.45, 7) is 6.64. The minimum Gasteiger partial charge on any atom is -0.383 e. The molecular weight excluding hydrogens is 280 g/mol. The van der Waals surface area contributed by atoms with Gasteiger partial charge in [-0.2, -0.15) is 5.10 Å². The normalized spacial score (nSPS) is 13.6. The first-order chi connectivity index (χ1) is 9.49. The highest BCUT2D eigenvalue weighted by Crippen LogP contribution is 2.08. The number of aryl methyl sites for hydroxylation is 1. The predicted molar refractivity (Wildman–Crippen MR) is 77.0 cm³/mol. The quantitative estimate of drug-likeness (QED) is 0.603. The molecule has 116 valence electrons. The summed E-state index contributed by atoms with van der Waals surface area (Å²) in [5.41, 5.74) is 0. The number of sulfonamides is 1. The Kier molecular flexibility index (Phi) is 7.14. The van der Waals surface area contributed by atoms with Crippen molar-refractivity contribution in [1.82, 2.24) is 19.8 Å². The van der Waals surface area contributed by atoms with E-state index in [0.29, 0.717) is 13.2 Å². The van der Waals surface area contributed by atoms with Crippen molar-refractivity contribution in [1.29, 1.82) is 0 Å². The van der Waals surface area contributed by atoms with Crippen LogP contribution in [0.25, 0.3) is 0 Å². The van der Waals surface area contributed by atoms with Gasteiger partial charge < -0.3 is 10.1 Å². The summed E-state index contributed by atoms with van der Waals surface area (Å²) in [7, 11) is -1.99. The minimum atomic E-state index is -3.53. The lowest BCUT2D eigenvalue weighted by Crippen LogP contribution is -2.35. The lowest BCUT2D eigenvalue weighted by molar-refractivity contribution is 0.180. The minimum absolute atomic E-state index is 0.184. The van der Waals surface area contributed by atoms with Gasteiger partial charge in [-0.15, -0.1) is 0 Å². The van der Waals surface area contributed by atoms with Crippen molar-refractivity contribution < 1.29 is 13.2 Å². The van der Waals surface area contributed by atoms with E-state index in [2.05, 4.69) is 15.1 Å². The number of hydrogen-bond acceptors (Lipinski definition) is 5. The number of rotatable bonds is 10. The summed E-state index contributed by atoms with van der Waals surface area (Å²) in [5, 5.41) is 7.28. The molecule has 1 aromatic heterocycles. The highest BCUT2D eigenvalue weighted by molar-refractivity contribution is 7.89. The van der Waals surface area contributed by atoms with Gasteiger partial charge in [-0.25, -0.2) is 13.1 Å². The van der Waals surface area contributed by atoms with Crippen LogP contribution in [-0.2, 0) is 21.3 Å². The van der Waals surface area contributed by atoms with Crippen molar-refractivity contribution in [2.75, 3.05) is 26.8 Å². The van der Waals surface area contributed by atoms with E-state index in [-0.39, 0.29) is 10.9 Å². The van der Waals surface area contributed by atoms with Gasteiger partial charge in [0.15, 0.2) is 0 Å². The maximum atomic E-state index is 12.1. The summed E-state index contributed by atoms with van der Waals surface area (Å²) in [4.78, 5) is 0.184. The molecule has 8 heteroatoms. The highest BCUT2D eigenvalue weighted by atomic mass is 32.2. The fraction of sp³-hybridized carbons (Fsp3) is 0.750. The molecule has 7 nitrogen and oxygen atoms in total. The SMILES string of the molecule is CCNCCCn1cc(S(=O)(=O)NC(C)COC)cn1. The monoisotopic (exact) mass is 304 g/mol. The number of ether oxygens (including phenoxy) is 1. The topological polar surface area (TPSA) is 85.2 Å². The molecule has 1 rings (SSSR count). The highest BCUT2D eigenvalue weighted by Gasteiger charge is 2.19. The first-order valence-electron chi connectivity index (χ1n) is 6.74. The number of aromatic nitrogens is 2. The van der Waals surface area contributed by atoms with Crippen LogP contribution in [0.5, 0.6) is 0 Å². The fourth-order valence-electron chi connectivity index (χ4n) is 1.77. The molecule has 0 fully saturated rings. The Morgan fingerprint density at radius 1 is 1.50 bits per heavy atom. The molecule has 0 amide bonds. The van der Waals surface area contributed by atoms with Crippen LogP contribution in [0.15, 0.2) is 17.3 Å². The van der Waals surface area contributed by atoms with Gasteiger partial charge in [0.05, 0.1) is 12.8 Å². The summed E-state index contributed by atoms with van der Waals surface area (Å²) < 4.78 is 33.3. The van der Waals surface area contributed by atoms with Gasteiger partial charge in [-0.05, 0) is 26.4 Å². The largest absolute Gasteiger partial charge is 0.383 e. The van der Waals surface area contributed by atoms with Gasteiger partial charge in [0.25, 0.3) is 0 Å². The third kappa shape index (κ3) is 5.58. The lowest BCUT2D eigenvalue weighted by Gasteiger charge is -2.11. The third-order valence-corrected chi connectivity index (χ3v) is 4.23. The smallest absolute Gasteiger partial charge is 0.244 e. The van der Waals surface area contributed by atoms with Crippen LogP contribution < -0.4 is 10.0 Å². The molecule has 20 heavy (non-hydrogen) atoms. The van der Waals surface area contributed by atoms with E-state index in [1.54, 1.807) is 17.8 Å². The standard InChI is InChI=1S/C12H24N4O3S/c1-4-13-6-5-7-16-9-12(8-14-16)20(17,18)15-11(2)10-19-3/h8-9,11,13,15H,4-7,10H2,1-3H3. The van der Waals surface area contributed by atoms with Crippen LogP contribution in [0.3, 0.4) is 0 Å².